The van der Waals surface area contributed by atoms with Crippen LogP contribution in [0.4, 0.5) is 0 Å². The Morgan fingerprint density at radius 3 is 1.52 bits per heavy atom. The van der Waals surface area contributed by atoms with Crippen LogP contribution < -0.4 is 5.11 Å². The van der Waals surface area contributed by atoms with E-state index in [1.165, 1.54) is 13.8 Å². The van der Waals surface area contributed by atoms with E-state index in [1.54, 1.807) is 0 Å². The fourth-order valence-electron chi connectivity index (χ4n) is 0.498. The molecule has 0 aliphatic rings. The molecule has 9 heteroatoms. The Hall–Kier alpha value is -2.02. The third-order valence-electron chi connectivity index (χ3n) is 1.34. The fourth-order valence-corrected chi connectivity index (χ4v) is 0.498. The Morgan fingerprint density at radius 1 is 0.952 bits per heavy atom. The molecule has 0 heterocycles. The second-order valence-electron chi connectivity index (χ2n) is 3.48. The number of carbonyl (C=O) groups is 4. The van der Waals surface area contributed by atoms with E-state index in [0.29, 0.717) is 0 Å². The van der Waals surface area contributed by atoms with Crippen molar-refractivity contribution in [1.82, 2.24) is 0 Å². The van der Waals surface area contributed by atoms with Gasteiger partial charge in [-0.2, -0.15) is 0 Å². The van der Waals surface area contributed by atoms with Gasteiger partial charge in [0, 0.05) is 11.1 Å². The van der Waals surface area contributed by atoms with Crippen LogP contribution in [0.15, 0.2) is 24.3 Å². The van der Waals surface area contributed by atoms with Crippen LogP contribution in [0.3, 0.4) is 0 Å². The second-order valence-corrected chi connectivity index (χ2v) is 3.48. The molecule has 8 nitrogen and oxygen atoms in total. The Labute approximate surface area is 134 Å². The molecule has 21 heavy (non-hydrogen) atoms. The van der Waals surface area contributed by atoms with Gasteiger partial charge < -0.3 is 24.5 Å². The number of carbonyl (C=O) groups excluding carboxylic acids is 3. The minimum absolute atomic E-state index is 0. The molecular weight excluding hydrogens is 338 g/mol. The van der Waals surface area contributed by atoms with Gasteiger partial charge in [0.2, 0.25) is 0 Å². The smallest absolute Gasteiger partial charge is 0.546 e. The summed E-state index contributed by atoms with van der Waals surface area (Å²) in [6.07, 6.45) is 0. The van der Waals surface area contributed by atoms with E-state index in [4.69, 9.17) is 5.11 Å². The van der Waals surface area contributed by atoms with E-state index in [-0.39, 0.29) is 30.6 Å². The molecule has 0 fully saturated rings. The summed E-state index contributed by atoms with van der Waals surface area (Å²) >= 11 is 0. The van der Waals surface area contributed by atoms with Crippen molar-refractivity contribution in [1.29, 1.82) is 0 Å². The van der Waals surface area contributed by atoms with E-state index in [9.17, 15) is 24.3 Å². The molecular formula is C12H15O8Zn+. The number of hydrogen-bond acceptors (Lipinski definition) is 7. The van der Waals surface area contributed by atoms with Crippen molar-refractivity contribution in [2.45, 2.75) is 13.8 Å². The van der Waals surface area contributed by atoms with Crippen LogP contribution in [0.1, 0.15) is 13.8 Å². The third-order valence-corrected chi connectivity index (χ3v) is 1.34. The van der Waals surface area contributed by atoms with Gasteiger partial charge >= 0.3 is 37.4 Å². The second kappa shape index (κ2) is 13.0. The van der Waals surface area contributed by atoms with Crippen LogP contribution in [0.2, 0.25) is 0 Å². The van der Waals surface area contributed by atoms with Crippen molar-refractivity contribution in [3.05, 3.63) is 24.3 Å². The number of ether oxygens (including phenoxy) is 2. The predicted molar refractivity (Wildman–Crippen MR) is 64.2 cm³/mol. The van der Waals surface area contributed by atoms with Gasteiger partial charge in [0.1, 0.15) is 6.61 Å². The number of carboxylic acid groups (broad SMARTS) is 2. The molecule has 0 aromatic carbocycles. The molecule has 0 saturated carbocycles. The Kier molecular flexibility index (Phi) is 14.9. The average molecular weight is 353 g/mol. The first-order valence-corrected chi connectivity index (χ1v) is 5.14. The van der Waals surface area contributed by atoms with Gasteiger partial charge in [-0.05, 0) is 13.8 Å². The first kappa shape index (κ1) is 24.0. The van der Waals surface area contributed by atoms with Crippen LogP contribution in [0.5, 0.6) is 0 Å². The summed E-state index contributed by atoms with van der Waals surface area (Å²) in [5, 5.41) is 17.7. The van der Waals surface area contributed by atoms with Gasteiger partial charge in [0.15, 0.2) is 6.61 Å². The summed E-state index contributed by atoms with van der Waals surface area (Å²) < 4.78 is 8.39. The maximum Gasteiger partial charge on any atom is 2.00 e. The largest absolute Gasteiger partial charge is 2.00 e. The maximum atomic E-state index is 10.5. The molecule has 0 aromatic heterocycles. The Balaban J connectivity index is -0.000000295. The van der Waals surface area contributed by atoms with E-state index in [0.717, 1.165) is 0 Å². The summed E-state index contributed by atoms with van der Waals surface area (Å²) in [5.74, 6) is -3.99. The number of carboxylic acids is 2. The first-order valence-electron chi connectivity index (χ1n) is 5.14. The summed E-state index contributed by atoms with van der Waals surface area (Å²) in [7, 11) is 0. The standard InChI is InChI=1S/2C6H8O4.Zn/c2*1-4(2)6(9)10-3-5(7)8;/h2*1,3H2,2H3,(H,7,8);/q;;+2/p-1. The van der Waals surface area contributed by atoms with E-state index in [2.05, 4.69) is 22.6 Å². The van der Waals surface area contributed by atoms with Crippen LogP contribution >= 0.6 is 0 Å². The fraction of sp³-hybridized carbons (Fsp3) is 0.333. The van der Waals surface area contributed by atoms with Gasteiger partial charge in [-0.1, -0.05) is 13.2 Å². The van der Waals surface area contributed by atoms with Gasteiger partial charge in [0.05, 0.1) is 5.97 Å². The molecule has 0 rings (SSSR count). The zero-order valence-corrected chi connectivity index (χ0v) is 14.8. The molecule has 1 N–H and O–H groups in total. The van der Waals surface area contributed by atoms with Crippen LogP contribution in [0.25, 0.3) is 0 Å². The third kappa shape index (κ3) is 18.0. The van der Waals surface area contributed by atoms with Gasteiger partial charge in [-0.3, -0.25) is 0 Å². The first-order chi connectivity index (χ1) is 9.07. The van der Waals surface area contributed by atoms with Crippen molar-refractivity contribution in [2.24, 2.45) is 0 Å². The quantitative estimate of drug-likeness (QED) is 0.367. The molecule has 0 radical (unpaired) electrons. The molecule has 0 unspecified atom stereocenters. The van der Waals surface area contributed by atoms with Crippen LogP contribution in [0, 0.1) is 0 Å². The monoisotopic (exact) mass is 351 g/mol. The molecule has 0 aromatic rings. The summed E-state index contributed by atoms with van der Waals surface area (Å²) in [6.45, 7) is 8.07. The Bertz CT molecular complexity index is 387. The molecule has 112 valence electrons. The minimum Gasteiger partial charge on any atom is -0.546 e. The van der Waals surface area contributed by atoms with Gasteiger partial charge in [-0.15, -0.1) is 0 Å². The summed E-state index contributed by atoms with van der Waals surface area (Å²) in [6, 6.07) is 0. The van der Waals surface area contributed by atoms with Crippen molar-refractivity contribution in [2.75, 3.05) is 13.2 Å². The average Bonchev–Trinajstić information content (AvgIpc) is 2.33. The maximum absolute atomic E-state index is 10.5. The van der Waals surface area contributed by atoms with Gasteiger partial charge in [-0.25, -0.2) is 14.4 Å². The predicted octanol–water partition coefficient (Wildman–Crippen LogP) is -0.957. The van der Waals surface area contributed by atoms with Crippen molar-refractivity contribution in [3.8, 4) is 0 Å². The number of esters is 2. The topological polar surface area (TPSA) is 130 Å². The number of rotatable bonds is 6. The van der Waals surface area contributed by atoms with Crippen molar-refractivity contribution < 1.29 is 58.3 Å². The minimum atomic E-state index is -1.42. The molecule has 0 atom stereocenters. The molecule has 0 aliphatic heterocycles. The number of hydrogen-bond donors (Lipinski definition) is 1. The molecule has 0 bridgehead atoms. The number of aliphatic carboxylic acids is 2. The molecule has 0 saturated heterocycles. The molecule has 0 aliphatic carbocycles. The summed E-state index contributed by atoms with van der Waals surface area (Å²) in [5.41, 5.74) is 0.363. The van der Waals surface area contributed by atoms with Crippen LogP contribution in [-0.2, 0) is 48.1 Å². The molecule has 0 amide bonds. The summed E-state index contributed by atoms with van der Waals surface area (Å²) in [4.78, 5) is 40.4. The van der Waals surface area contributed by atoms with Crippen molar-refractivity contribution in [3.63, 3.8) is 0 Å². The zero-order valence-electron chi connectivity index (χ0n) is 11.8. The van der Waals surface area contributed by atoms with E-state index >= 15 is 0 Å². The SMILES string of the molecule is C=C(C)C(=O)OCC(=O)O.C=C(C)C(=O)OCC(=O)[O-].[Zn+2]. The van der Waals surface area contributed by atoms with Crippen LogP contribution in [-0.4, -0.2) is 42.2 Å². The zero-order chi connectivity index (χ0) is 16.3. The van der Waals surface area contributed by atoms with Gasteiger partial charge in [0.25, 0.3) is 0 Å². The van der Waals surface area contributed by atoms with E-state index < -0.39 is 37.1 Å². The normalized spacial score (nSPS) is 8.10. The van der Waals surface area contributed by atoms with E-state index in [1.807, 2.05) is 0 Å². The Morgan fingerprint density at radius 2 is 1.29 bits per heavy atom. The molecule has 0 spiro atoms. The van der Waals surface area contributed by atoms with Crippen molar-refractivity contribution >= 4 is 23.9 Å².